The van der Waals surface area contributed by atoms with Crippen molar-refractivity contribution in [2.24, 2.45) is 5.73 Å². The second-order valence-electron chi connectivity index (χ2n) is 1.99. The Balaban J connectivity index is 0. The predicted octanol–water partition coefficient (Wildman–Crippen LogP) is -0.0571. The minimum atomic E-state index is -0.439. The molecule has 0 aromatic rings. The van der Waals surface area contributed by atoms with Gasteiger partial charge in [0.25, 0.3) is 0 Å². The number of carbonyl (C=O) groups excluding carboxylic acids is 1. The third kappa shape index (κ3) is 5.54. The van der Waals surface area contributed by atoms with Crippen molar-refractivity contribution in [2.45, 2.75) is 0 Å². The Morgan fingerprint density at radius 2 is 2.00 bits per heavy atom. The number of rotatable bonds is 2. The number of ether oxygens (including phenoxy) is 1. The molecule has 66 valence electrons. The number of carbonyl (C=O) groups is 1. The molecule has 0 amide bonds. The molecule has 0 rings (SSSR count). The first-order valence-corrected chi connectivity index (χ1v) is 2.80. The van der Waals surface area contributed by atoms with Crippen LogP contribution < -0.4 is 5.73 Å². The maximum Gasteiger partial charge on any atom is 0.334 e. The first-order valence-electron chi connectivity index (χ1n) is 2.80. The van der Waals surface area contributed by atoms with E-state index in [0.717, 1.165) is 0 Å². The highest BCUT2D eigenvalue weighted by molar-refractivity contribution is 5.85. The van der Waals surface area contributed by atoms with Crippen molar-refractivity contribution >= 4 is 18.4 Å². The third-order valence-electron chi connectivity index (χ3n) is 0.983. The lowest BCUT2D eigenvalue weighted by molar-refractivity contribution is -0.134. The Hall–Kier alpha value is -0.900. The van der Waals surface area contributed by atoms with Gasteiger partial charge in [0.2, 0.25) is 0 Å². The topological polar surface area (TPSA) is 55.6 Å². The Kier molecular flexibility index (Phi) is 6.78. The van der Waals surface area contributed by atoms with Crippen molar-refractivity contribution < 1.29 is 9.53 Å². The number of methoxy groups -OCH3 is 1. The van der Waals surface area contributed by atoms with Gasteiger partial charge in [0.1, 0.15) is 5.82 Å². The van der Waals surface area contributed by atoms with Gasteiger partial charge in [0, 0.05) is 14.1 Å². The number of nitrogens with zero attached hydrogens (tertiary/aromatic N) is 1. The molecule has 0 fully saturated rings. The maximum absolute atomic E-state index is 10.5. The van der Waals surface area contributed by atoms with Crippen LogP contribution in [0, 0.1) is 0 Å². The molecular weight excluding hydrogens is 168 g/mol. The van der Waals surface area contributed by atoms with E-state index in [0.29, 0.717) is 5.82 Å². The van der Waals surface area contributed by atoms with Crippen LogP contribution in [0.5, 0.6) is 0 Å². The zero-order valence-electron chi connectivity index (χ0n) is 6.83. The van der Waals surface area contributed by atoms with Crippen molar-refractivity contribution in [3.63, 3.8) is 0 Å². The van der Waals surface area contributed by atoms with Crippen LogP contribution in [0.3, 0.4) is 0 Å². The van der Waals surface area contributed by atoms with Crippen molar-refractivity contribution in [3.8, 4) is 0 Å². The quantitative estimate of drug-likeness (QED) is 0.478. The van der Waals surface area contributed by atoms with Crippen molar-refractivity contribution in [1.82, 2.24) is 4.90 Å². The third-order valence-corrected chi connectivity index (χ3v) is 0.983. The van der Waals surface area contributed by atoms with E-state index in [1.807, 2.05) is 0 Å². The molecular formula is C6H13ClN2O2. The molecule has 0 heterocycles. The average Bonchev–Trinajstić information content (AvgIpc) is 1.87. The molecule has 0 bridgehead atoms. The number of nitrogens with two attached hydrogens (primary N) is 1. The van der Waals surface area contributed by atoms with E-state index in [9.17, 15) is 4.79 Å². The van der Waals surface area contributed by atoms with Gasteiger partial charge in [0.05, 0.1) is 13.2 Å². The highest BCUT2D eigenvalue weighted by Crippen LogP contribution is 1.88. The SMILES string of the molecule is COC(=O)C=C(N)N(C)C.Cl. The van der Waals surface area contributed by atoms with Crippen LogP contribution >= 0.6 is 12.4 Å². The standard InChI is InChI=1S/C6H12N2O2.ClH/c1-8(2)5(7)4-6(9)10-3;/h4H,7H2,1-3H3;1H. The smallest absolute Gasteiger partial charge is 0.334 e. The normalized spacial score (nSPS) is 9.91. The number of halogens is 1. The van der Waals surface area contributed by atoms with Crippen LogP contribution in [0.2, 0.25) is 0 Å². The lowest BCUT2D eigenvalue weighted by atomic mass is 10.5. The van der Waals surface area contributed by atoms with E-state index in [1.54, 1.807) is 19.0 Å². The largest absolute Gasteiger partial charge is 0.466 e. The summed E-state index contributed by atoms with van der Waals surface area (Å²) in [6.07, 6.45) is 1.22. The Morgan fingerprint density at radius 3 is 2.27 bits per heavy atom. The van der Waals surface area contributed by atoms with Gasteiger partial charge < -0.3 is 15.4 Å². The fraction of sp³-hybridized carbons (Fsp3) is 0.500. The fourth-order valence-electron chi connectivity index (χ4n) is 0.309. The molecule has 0 atom stereocenters. The van der Waals surface area contributed by atoms with Gasteiger partial charge in [-0.15, -0.1) is 12.4 Å². The minimum absolute atomic E-state index is 0. The zero-order valence-corrected chi connectivity index (χ0v) is 7.64. The molecule has 0 radical (unpaired) electrons. The van der Waals surface area contributed by atoms with E-state index in [-0.39, 0.29) is 12.4 Å². The van der Waals surface area contributed by atoms with E-state index in [1.165, 1.54) is 13.2 Å². The first kappa shape index (κ1) is 12.7. The van der Waals surface area contributed by atoms with Gasteiger partial charge in [-0.2, -0.15) is 0 Å². The average molecular weight is 181 g/mol. The van der Waals surface area contributed by atoms with Gasteiger partial charge >= 0.3 is 5.97 Å². The lowest BCUT2D eigenvalue weighted by Gasteiger charge is -2.10. The summed E-state index contributed by atoms with van der Waals surface area (Å²) in [7, 11) is 4.80. The van der Waals surface area contributed by atoms with Gasteiger partial charge in [-0.1, -0.05) is 0 Å². The van der Waals surface area contributed by atoms with E-state index in [4.69, 9.17) is 5.73 Å². The molecule has 11 heavy (non-hydrogen) atoms. The molecule has 5 heteroatoms. The zero-order chi connectivity index (χ0) is 8.15. The van der Waals surface area contributed by atoms with E-state index in [2.05, 4.69) is 4.74 Å². The van der Waals surface area contributed by atoms with Crippen molar-refractivity contribution in [3.05, 3.63) is 11.9 Å². The second-order valence-corrected chi connectivity index (χ2v) is 1.99. The van der Waals surface area contributed by atoms with Gasteiger partial charge in [-0.25, -0.2) is 4.79 Å². The van der Waals surface area contributed by atoms with E-state index >= 15 is 0 Å². The summed E-state index contributed by atoms with van der Waals surface area (Å²) in [5.74, 6) is -0.0574. The second kappa shape index (κ2) is 5.85. The van der Waals surface area contributed by atoms with Crippen molar-refractivity contribution in [1.29, 1.82) is 0 Å². The molecule has 4 nitrogen and oxygen atoms in total. The van der Waals surface area contributed by atoms with Gasteiger partial charge in [-0.3, -0.25) is 0 Å². The molecule has 0 aliphatic rings. The number of esters is 1. The van der Waals surface area contributed by atoms with Crippen LogP contribution in [-0.4, -0.2) is 32.1 Å². The van der Waals surface area contributed by atoms with Crippen LogP contribution in [0.25, 0.3) is 0 Å². The molecule has 0 saturated carbocycles. The predicted molar refractivity (Wildman–Crippen MR) is 45.2 cm³/mol. The summed E-state index contributed by atoms with van der Waals surface area (Å²) in [5, 5.41) is 0. The van der Waals surface area contributed by atoms with Crippen molar-refractivity contribution in [2.75, 3.05) is 21.2 Å². The maximum atomic E-state index is 10.5. The number of hydrogen-bond acceptors (Lipinski definition) is 4. The molecule has 0 aromatic heterocycles. The Bertz CT molecular complexity index is 157. The summed E-state index contributed by atoms with van der Waals surface area (Å²) >= 11 is 0. The molecule has 2 N–H and O–H groups in total. The van der Waals surface area contributed by atoms with Crippen LogP contribution in [-0.2, 0) is 9.53 Å². The molecule has 0 aliphatic heterocycles. The first-order chi connectivity index (χ1) is 4.57. The Labute approximate surface area is 72.4 Å². The fourth-order valence-corrected chi connectivity index (χ4v) is 0.309. The molecule has 0 spiro atoms. The molecule has 0 aromatic carbocycles. The summed E-state index contributed by atoms with van der Waals surface area (Å²) in [6, 6.07) is 0. The van der Waals surface area contributed by atoms with Crippen LogP contribution in [0.15, 0.2) is 11.9 Å². The molecule has 0 saturated heterocycles. The summed E-state index contributed by atoms with van der Waals surface area (Å²) in [5.41, 5.74) is 5.38. The van der Waals surface area contributed by atoms with E-state index < -0.39 is 5.97 Å². The van der Waals surface area contributed by atoms with Gasteiger partial charge in [0.15, 0.2) is 0 Å². The van der Waals surface area contributed by atoms with Crippen LogP contribution in [0.1, 0.15) is 0 Å². The molecule has 0 aliphatic carbocycles. The summed E-state index contributed by atoms with van der Waals surface area (Å²) in [4.78, 5) is 12.1. The molecule has 0 unspecified atom stereocenters. The summed E-state index contributed by atoms with van der Waals surface area (Å²) in [6.45, 7) is 0. The minimum Gasteiger partial charge on any atom is -0.466 e. The number of hydrogen-bond donors (Lipinski definition) is 1. The summed E-state index contributed by atoms with van der Waals surface area (Å²) < 4.78 is 4.35. The highest BCUT2D eigenvalue weighted by atomic mass is 35.5. The highest BCUT2D eigenvalue weighted by Gasteiger charge is 1.97. The Morgan fingerprint density at radius 1 is 1.55 bits per heavy atom. The van der Waals surface area contributed by atoms with Crippen LogP contribution in [0.4, 0.5) is 0 Å². The lowest BCUT2D eigenvalue weighted by Crippen LogP contribution is -2.19. The monoisotopic (exact) mass is 180 g/mol. The van der Waals surface area contributed by atoms with Gasteiger partial charge in [-0.05, 0) is 0 Å².